The molecule has 3 nitrogen and oxygen atoms in total. The van der Waals surface area contributed by atoms with Crippen LogP contribution >= 0.6 is 11.3 Å². The van der Waals surface area contributed by atoms with E-state index in [9.17, 15) is 0 Å². The molecule has 0 saturated carbocycles. The minimum Gasteiger partial charge on any atom is -0.323 e. The van der Waals surface area contributed by atoms with Crippen LogP contribution in [0.3, 0.4) is 0 Å². The molecule has 0 amide bonds. The molecule has 2 N–H and O–H groups in total. The van der Waals surface area contributed by atoms with Gasteiger partial charge in [-0.1, -0.05) is 0 Å². The van der Waals surface area contributed by atoms with E-state index >= 15 is 0 Å². The van der Waals surface area contributed by atoms with Crippen LogP contribution in [-0.2, 0) is 6.42 Å². The van der Waals surface area contributed by atoms with Crippen LogP contribution in [0.1, 0.15) is 55.2 Å². The number of rotatable bonds is 0. The molecule has 3 rings (SSSR count). The van der Waals surface area contributed by atoms with Crippen LogP contribution in [-0.4, -0.2) is 28.5 Å². The molecule has 1 fully saturated rings. The quantitative estimate of drug-likeness (QED) is 0.794. The third kappa shape index (κ3) is 2.14. The summed E-state index contributed by atoms with van der Waals surface area (Å²) in [5.74, 6) is 0. The second-order valence-electron chi connectivity index (χ2n) is 7.22. The minimum atomic E-state index is 0.218. The zero-order chi connectivity index (χ0) is 13.8. The standard InChI is InChI=1S/C15H25N3S/c1-10-17-11-9-15(13(16)12(11)19-10)5-7-18(8-6-15)14(2,3)4/h13H,5-9,16H2,1-4H3/t13-/m1/s1. The maximum absolute atomic E-state index is 6.58. The lowest BCUT2D eigenvalue weighted by molar-refractivity contribution is 0.0346. The van der Waals surface area contributed by atoms with Gasteiger partial charge in [-0.15, -0.1) is 11.3 Å². The number of piperidine rings is 1. The van der Waals surface area contributed by atoms with Crippen molar-refractivity contribution in [3.63, 3.8) is 0 Å². The number of likely N-dealkylation sites (tertiary alicyclic amines) is 1. The van der Waals surface area contributed by atoms with Gasteiger partial charge in [0.15, 0.2) is 0 Å². The lowest BCUT2D eigenvalue weighted by Gasteiger charge is -2.46. The SMILES string of the molecule is Cc1nc2c(s1)[C@@H](N)C1(CCN(C(C)(C)C)CC1)C2. The Hall–Kier alpha value is -0.450. The Bertz CT molecular complexity index is 478. The molecule has 2 aliphatic rings. The first kappa shape index (κ1) is 13.5. The van der Waals surface area contributed by atoms with Crippen molar-refractivity contribution in [2.24, 2.45) is 11.1 Å². The summed E-state index contributed by atoms with van der Waals surface area (Å²) in [6.45, 7) is 11.4. The highest BCUT2D eigenvalue weighted by Crippen LogP contribution is 2.52. The molecule has 1 spiro atoms. The van der Waals surface area contributed by atoms with Gasteiger partial charge in [0.1, 0.15) is 0 Å². The maximum Gasteiger partial charge on any atom is 0.0900 e. The maximum atomic E-state index is 6.58. The van der Waals surface area contributed by atoms with E-state index in [0.29, 0.717) is 5.41 Å². The largest absolute Gasteiger partial charge is 0.323 e. The molecular weight excluding hydrogens is 254 g/mol. The van der Waals surface area contributed by atoms with Crippen molar-refractivity contribution >= 4 is 11.3 Å². The van der Waals surface area contributed by atoms with Gasteiger partial charge in [0, 0.05) is 16.5 Å². The highest BCUT2D eigenvalue weighted by molar-refractivity contribution is 7.11. The molecule has 1 aliphatic carbocycles. The van der Waals surface area contributed by atoms with Crippen molar-refractivity contribution in [1.82, 2.24) is 9.88 Å². The van der Waals surface area contributed by atoms with Crippen molar-refractivity contribution in [2.75, 3.05) is 13.1 Å². The lowest BCUT2D eigenvalue weighted by atomic mass is 9.73. The van der Waals surface area contributed by atoms with Gasteiger partial charge in [0.05, 0.1) is 10.7 Å². The fourth-order valence-electron chi connectivity index (χ4n) is 3.69. The van der Waals surface area contributed by atoms with E-state index in [1.165, 1.54) is 41.5 Å². The molecule has 0 bridgehead atoms. The number of thiazole rings is 1. The van der Waals surface area contributed by atoms with E-state index in [-0.39, 0.29) is 11.6 Å². The summed E-state index contributed by atoms with van der Waals surface area (Å²) >= 11 is 1.81. The number of hydrogen-bond acceptors (Lipinski definition) is 4. The van der Waals surface area contributed by atoms with Crippen LogP contribution in [0.25, 0.3) is 0 Å². The molecule has 2 heterocycles. The zero-order valence-electron chi connectivity index (χ0n) is 12.5. The first-order valence-corrected chi connectivity index (χ1v) is 8.10. The molecule has 1 aromatic heterocycles. The lowest BCUT2D eigenvalue weighted by Crippen LogP contribution is -2.51. The second kappa shape index (κ2) is 4.27. The number of aryl methyl sites for hydroxylation is 1. The van der Waals surface area contributed by atoms with Crippen molar-refractivity contribution in [3.05, 3.63) is 15.6 Å². The Morgan fingerprint density at radius 2 is 1.95 bits per heavy atom. The molecule has 0 aromatic carbocycles. The van der Waals surface area contributed by atoms with E-state index in [4.69, 9.17) is 5.73 Å². The molecule has 1 saturated heterocycles. The van der Waals surface area contributed by atoms with E-state index in [0.717, 1.165) is 6.42 Å². The highest BCUT2D eigenvalue weighted by Gasteiger charge is 2.48. The van der Waals surface area contributed by atoms with E-state index in [2.05, 4.69) is 37.6 Å². The minimum absolute atomic E-state index is 0.218. The predicted octanol–water partition coefficient (Wildman–Crippen LogP) is 2.89. The number of nitrogens with zero attached hydrogens (tertiary/aromatic N) is 2. The summed E-state index contributed by atoms with van der Waals surface area (Å²) in [5.41, 5.74) is 8.44. The van der Waals surface area contributed by atoms with Crippen molar-refractivity contribution in [3.8, 4) is 0 Å². The Balaban J connectivity index is 1.77. The van der Waals surface area contributed by atoms with Crippen LogP contribution in [0.5, 0.6) is 0 Å². The van der Waals surface area contributed by atoms with Crippen molar-refractivity contribution in [2.45, 2.75) is 58.5 Å². The van der Waals surface area contributed by atoms with Gasteiger partial charge in [-0.25, -0.2) is 4.98 Å². The molecular formula is C15H25N3S. The van der Waals surface area contributed by atoms with E-state index in [1.807, 2.05) is 11.3 Å². The summed E-state index contributed by atoms with van der Waals surface area (Å²) in [6.07, 6.45) is 3.53. The molecule has 1 atom stereocenters. The van der Waals surface area contributed by atoms with Crippen LogP contribution in [0, 0.1) is 12.3 Å². The van der Waals surface area contributed by atoms with Gasteiger partial charge in [0.2, 0.25) is 0 Å². The Morgan fingerprint density at radius 1 is 1.32 bits per heavy atom. The summed E-state index contributed by atoms with van der Waals surface area (Å²) in [4.78, 5) is 8.64. The van der Waals surface area contributed by atoms with Gasteiger partial charge in [0.25, 0.3) is 0 Å². The first-order valence-electron chi connectivity index (χ1n) is 7.29. The molecule has 106 valence electrons. The van der Waals surface area contributed by atoms with Crippen LogP contribution in [0.15, 0.2) is 0 Å². The van der Waals surface area contributed by atoms with Crippen LogP contribution in [0.2, 0.25) is 0 Å². The number of nitrogens with two attached hydrogens (primary N) is 1. The number of aromatic nitrogens is 1. The third-order valence-corrected chi connectivity index (χ3v) is 6.10. The van der Waals surface area contributed by atoms with E-state index < -0.39 is 0 Å². The Labute approximate surface area is 120 Å². The molecule has 4 heteroatoms. The second-order valence-corrected chi connectivity index (χ2v) is 8.45. The third-order valence-electron chi connectivity index (χ3n) is 5.00. The van der Waals surface area contributed by atoms with Gasteiger partial charge < -0.3 is 5.73 Å². The Kier molecular flexibility index (Phi) is 3.04. The number of fused-ring (bicyclic) bond motifs is 1. The van der Waals surface area contributed by atoms with Gasteiger partial charge in [-0.05, 0) is 65.5 Å². The first-order chi connectivity index (χ1) is 8.82. The summed E-state index contributed by atoms with van der Waals surface area (Å²) in [5, 5.41) is 1.17. The van der Waals surface area contributed by atoms with E-state index in [1.54, 1.807) is 0 Å². The smallest absolute Gasteiger partial charge is 0.0900 e. The number of hydrogen-bond donors (Lipinski definition) is 1. The molecule has 19 heavy (non-hydrogen) atoms. The predicted molar refractivity (Wildman–Crippen MR) is 80.5 cm³/mol. The fraction of sp³-hybridized carbons (Fsp3) is 0.800. The molecule has 1 aromatic rings. The normalized spacial score (nSPS) is 26.9. The molecule has 0 radical (unpaired) electrons. The summed E-state index contributed by atoms with van der Waals surface area (Å²) < 4.78 is 0. The van der Waals surface area contributed by atoms with Crippen LogP contribution in [0.4, 0.5) is 0 Å². The van der Waals surface area contributed by atoms with Gasteiger partial charge in [-0.2, -0.15) is 0 Å². The Morgan fingerprint density at radius 3 is 2.47 bits per heavy atom. The summed E-state index contributed by atoms with van der Waals surface area (Å²) in [6, 6.07) is 0.218. The molecule has 1 aliphatic heterocycles. The average Bonchev–Trinajstić information content (AvgIpc) is 2.77. The monoisotopic (exact) mass is 279 g/mol. The average molecular weight is 279 g/mol. The summed E-state index contributed by atoms with van der Waals surface area (Å²) in [7, 11) is 0. The fourth-order valence-corrected chi connectivity index (χ4v) is 4.77. The van der Waals surface area contributed by atoms with Gasteiger partial charge in [-0.3, -0.25) is 4.90 Å². The van der Waals surface area contributed by atoms with Gasteiger partial charge >= 0.3 is 0 Å². The highest BCUT2D eigenvalue weighted by atomic mass is 32.1. The van der Waals surface area contributed by atoms with Crippen molar-refractivity contribution in [1.29, 1.82) is 0 Å². The topological polar surface area (TPSA) is 42.1 Å². The molecule has 0 unspecified atom stereocenters. The van der Waals surface area contributed by atoms with Crippen LogP contribution < -0.4 is 5.73 Å². The zero-order valence-corrected chi connectivity index (χ0v) is 13.3. The van der Waals surface area contributed by atoms with Crippen molar-refractivity contribution < 1.29 is 0 Å².